The Kier molecular flexibility index (Phi) is 6.09. The first kappa shape index (κ1) is 17.5. The number of para-hydroxylation sites is 1. The topological polar surface area (TPSA) is 61.4 Å². The highest BCUT2D eigenvalue weighted by Crippen LogP contribution is 2.26. The zero-order chi connectivity index (χ0) is 17.5. The maximum absolute atomic E-state index is 12.2. The summed E-state index contributed by atoms with van der Waals surface area (Å²) in [6.45, 7) is 1.65. The van der Waals surface area contributed by atoms with E-state index in [1.807, 2.05) is 23.1 Å². The summed E-state index contributed by atoms with van der Waals surface area (Å²) in [5, 5.41) is 5.23. The lowest BCUT2D eigenvalue weighted by Crippen LogP contribution is -2.45. The Hall–Kier alpha value is -2.30. The lowest BCUT2D eigenvalue weighted by molar-refractivity contribution is -0.118. The number of benzene rings is 1. The third kappa shape index (κ3) is 5.08. The summed E-state index contributed by atoms with van der Waals surface area (Å²) in [5.41, 5.74) is 3.79. The van der Waals surface area contributed by atoms with Gasteiger partial charge in [-0.2, -0.15) is 0 Å². The second-order valence-electron chi connectivity index (χ2n) is 6.82. The molecule has 5 nitrogen and oxygen atoms in total. The number of hydrogen-bond acceptors (Lipinski definition) is 3. The van der Waals surface area contributed by atoms with E-state index in [4.69, 9.17) is 0 Å². The SMILES string of the molecule is O=C(CN1CCCc2ccccc21)NC(=O)NCCC1=CCCCC1. The fourth-order valence-corrected chi connectivity index (χ4v) is 3.63. The Balaban J connectivity index is 1.42. The number of urea groups is 1. The van der Waals surface area contributed by atoms with Gasteiger partial charge in [0.15, 0.2) is 0 Å². The number of aryl methyl sites for hydroxylation is 1. The minimum Gasteiger partial charge on any atom is -0.362 e. The molecule has 1 heterocycles. The summed E-state index contributed by atoms with van der Waals surface area (Å²) in [6.07, 6.45) is 10.0. The minimum absolute atomic E-state index is 0.218. The van der Waals surface area contributed by atoms with Crippen LogP contribution in [0.15, 0.2) is 35.9 Å². The normalized spacial score (nSPS) is 16.6. The van der Waals surface area contributed by atoms with Crippen molar-refractivity contribution in [2.45, 2.75) is 44.9 Å². The van der Waals surface area contributed by atoms with Crippen molar-refractivity contribution >= 4 is 17.6 Å². The van der Waals surface area contributed by atoms with Crippen LogP contribution in [0.3, 0.4) is 0 Å². The van der Waals surface area contributed by atoms with Crippen molar-refractivity contribution < 1.29 is 9.59 Å². The second-order valence-corrected chi connectivity index (χ2v) is 6.82. The molecule has 3 rings (SSSR count). The van der Waals surface area contributed by atoms with Gasteiger partial charge in [0, 0.05) is 18.8 Å². The summed E-state index contributed by atoms with van der Waals surface area (Å²) in [4.78, 5) is 26.1. The predicted molar refractivity (Wildman–Crippen MR) is 99.7 cm³/mol. The Labute approximate surface area is 149 Å². The Morgan fingerprint density at radius 1 is 1.08 bits per heavy atom. The van der Waals surface area contributed by atoms with Crippen LogP contribution in [-0.4, -0.2) is 31.6 Å². The van der Waals surface area contributed by atoms with Crippen LogP contribution in [0.2, 0.25) is 0 Å². The molecule has 0 unspecified atom stereocenters. The zero-order valence-corrected chi connectivity index (χ0v) is 14.7. The monoisotopic (exact) mass is 341 g/mol. The van der Waals surface area contributed by atoms with Crippen molar-refractivity contribution in [2.24, 2.45) is 0 Å². The number of hydrogen-bond donors (Lipinski definition) is 2. The van der Waals surface area contributed by atoms with Gasteiger partial charge in [0.2, 0.25) is 5.91 Å². The van der Waals surface area contributed by atoms with Crippen LogP contribution in [0.1, 0.15) is 44.1 Å². The first-order valence-corrected chi connectivity index (χ1v) is 9.31. The number of allylic oxidation sites excluding steroid dienone is 1. The van der Waals surface area contributed by atoms with E-state index < -0.39 is 6.03 Å². The molecule has 0 fully saturated rings. The molecular weight excluding hydrogens is 314 g/mol. The maximum atomic E-state index is 12.2. The average Bonchev–Trinajstić information content (AvgIpc) is 2.63. The number of imide groups is 1. The van der Waals surface area contributed by atoms with Gasteiger partial charge in [-0.25, -0.2) is 4.79 Å². The number of amides is 3. The molecular formula is C20H27N3O2. The van der Waals surface area contributed by atoms with E-state index in [9.17, 15) is 9.59 Å². The summed E-state index contributed by atoms with van der Waals surface area (Å²) < 4.78 is 0. The number of rotatable bonds is 5. The fraction of sp³-hybridized carbons (Fsp3) is 0.500. The van der Waals surface area contributed by atoms with Crippen LogP contribution in [0.4, 0.5) is 10.5 Å². The second kappa shape index (κ2) is 8.70. The highest BCUT2D eigenvalue weighted by Gasteiger charge is 2.19. The van der Waals surface area contributed by atoms with E-state index in [2.05, 4.69) is 22.8 Å². The van der Waals surface area contributed by atoms with Crippen LogP contribution >= 0.6 is 0 Å². The molecule has 5 heteroatoms. The molecule has 1 aliphatic heterocycles. The fourth-order valence-electron chi connectivity index (χ4n) is 3.63. The molecule has 1 aromatic rings. The highest BCUT2D eigenvalue weighted by atomic mass is 16.2. The number of anilines is 1. The molecule has 1 aliphatic carbocycles. The lowest BCUT2D eigenvalue weighted by atomic mass is 9.97. The third-order valence-corrected chi connectivity index (χ3v) is 4.91. The quantitative estimate of drug-likeness (QED) is 0.809. The smallest absolute Gasteiger partial charge is 0.321 e. The average molecular weight is 341 g/mol. The molecule has 0 spiro atoms. The number of carbonyl (C=O) groups excluding carboxylic acids is 2. The van der Waals surface area contributed by atoms with Crippen LogP contribution in [0, 0.1) is 0 Å². The number of nitrogens with one attached hydrogen (secondary N) is 2. The standard InChI is InChI=1S/C20H27N3O2/c24-19(15-23-14-6-10-17-9-4-5-11-18(17)23)22-20(25)21-13-12-16-7-2-1-3-8-16/h4-5,7,9,11H,1-3,6,8,10,12-15H2,(H2,21,22,24,25). The van der Waals surface area contributed by atoms with E-state index >= 15 is 0 Å². The van der Waals surface area contributed by atoms with Gasteiger partial charge in [0.1, 0.15) is 0 Å². The third-order valence-electron chi connectivity index (χ3n) is 4.91. The Morgan fingerprint density at radius 2 is 1.96 bits per heavy atom. The van der Waals surface area contributed by atoms with Gasteiger partial charge in [-0.05, 0) is 56.6 Å². The van der Waals surface area contributed by atoms with Crippen molar-refractivity contribution in [3.63, 3.8) is 0 Å². The van der Waals surface area contributed by atoms with Gasteiger partial charge in [0.05, 0.1) is 6.54 Å². The molecule has 134 valence electrons. The van der Waals surface area contributed by atoms with Crippen LogP contribution in [0.25, 0.3) is 0 Å². The van der Waals surface area contributed by atoms with Crippen molar-refractivity contribution in [1.82, 2.24) is 10.6 Å². The summed E-state index contributed by atoms with van der Waals surface area (Å²) >= 11 is 0. The molecule has 0 radical (unpaired) electrons. The van der Waals surface area contributed by atoms with Gasteiger partial charge in [0.25, 0.3) is 0 Å². The molecule has 0 saturated carbocycles. The minimum atomic E-state index is -0.397. The van der Waals surface area contributed by atoms with Gasteiger partial charge in [-0.15, -0.1) is 0 Å². The van der Waals surface area contributed by atoms with Gasteiger partial charge < -0.3 is 10.2 Å². The number of nitrogens with zero attached hydrogens (tertiary/aromatic N) is 1. The van der Waals surface area contributed by atoms with Crippen molar-refractivity contribution in [1.29, 1.82) is 0 Å². The molecule has 2 aliphatic rings. The Bertz CT molecular complexity index is 654. The molecule has 25 heavy (non-hydrogen) atoms. The van der Waals surface area contributed by atoms with E-state index in [0.29, 0.717) is 6.54 Å². The van der Waals surface area contributed by atoms with Crippen molar-refractivity contribution in [3.05, 3.63) is 41.5 Å². The van der Waals surface area contributed by atoms with Crippen LogP contribution < -0.4 is 15.5 Å². The molecule has 2 N–H and O–H groups in total. The molecule has 0 bridgehead atoms. The van der Waals surface area contributed by atoms with Gasteiger partial charge in [-0.3, -0.25) is 10.1 Å². The van der Waals surface area contributed by atoms with Gasteiger partial charge in [-0.1, -0.05) is 29.8 Å². The van der Waals surface area contributed by atoms with Crippen LogP contribution in [0.5, 0.6) is 0 Å². The zero-order valence-electron chi connectivity index (χ0n) is 14.7. The summed E-state index contributed by atoms with van der Waals surface area (Å²) in [6, 6.07) is 7.76. The van der Waals surface area contributed by atoms with Crippen molar-refractivity contribution in [3.8, 4) is 0 Å². The summed E-state index contributed by atoms with van der Waals surface area (Å²) in [5.74, 6) is -0.258. The Morgan fingerprint density at radius 3 is 2.80 bits per heavy atom. The number of carbonyl (C=O) groups is 2. The molecule has 3 amide bonds. The highest BCUT2D eigenvalue weighted by molar-refractivity contribution is 5.96. The molecule has 0 saturated heterocycles. The van der Waals surface area contributed by atoms with Gasteiger partial charge >= 0.3 is 6.03 Å². The first-order valence-electron chi connectivity index (χ1n) is 9.31. The predicted octanol–water partition coefficient (Wildman–Crippen LogP) is 3.16. The van der Waals surface area contributed by atoms with E-state index in [1.165, 1.54) is 24.0 Å². The van der Waals surface area contributed by atoms with E-state index in [1.54, 1.807) is 0 Å². The lowest BCUT2D eigenvalue weighted by Gasteiger charge is -2.30. The number of fused-ring (bicyclic) bond motifs is 1. The molecule has 0 aromatic heterocycles. The molecule has 1 aromatic carbocycles. The molecule has 0 atom stereocenters. The maximum Gasteiger partial charge on any atom is 0.321 e. The van der Waals surface area contributed by atoms with E-state index in [-0.39, 0.29) is 12.5 Å². The van der Waals surface area contributed by atoms with Crippen molar-refractivity contribution in [2.75, 3.05) is 24.5 Å². The van der Waals surface area contributed by atoms with E-state index in [0.717, 1.165) is 44.3 Å². The largest absolute Gasteiger partial charge is 0.362 e. The van der Waals surface area contributed by atoms with Crippen LogP contribution in [-0.2, 0) is 11.2 Å². The first-order chi connectivity index (χ1) is 12.2. The summed E-state index contributed by atoms with van der Waals surface area (Å²) in [7, 11) is 0.